The molecule has 1 amide bonds. The molecule has 34 heavy (non-hydrogen) atoms. The number of carbonyl (C=O) groups is 1. The Morgan fingerprint density at radius 3 is 2.12 bits per heavy atom. The molecule has 5 rings (SSSR count). The molecule has 0 spiro atoms. The maximum absolute atomic E-state index is 13.5. The van der Waals surface area contributed by atoms with Crippen molar-refractivity contribution in [2.24, 2.45) is 5.10 Å². The Kier molecular flexibility index (Phi) is 6.84. The minimum Gasteiger partial charge on any atom is -0.297 e. The molecule has 1 fully saturated rings. The van der Waals surface area contributed by atoms with Gasteiger partial charge >= 0.3 is 0 Å². The fourth-order valence-electron chi connectivity index (χ4n) is 4.81. The minimum absolute atomic E-state index is 0.0515. The zero-order valence-corrected chi connectivity index (χ0v) is 19.8. The normalized spacial score (nSPS) is 19.3. The summed E-state index contributed by atoms with van der Waals surface area (Å²) in [5.41, 5.74) is 5.77. The average molecular weight is 453 g/mol. The molecule has 5 nitrogen and oxygen atoms in total. The van der Waals surface area contributed by atoms with Gasteiger partial charge in [-0.15, -0.1) is 0 Å². The van der Waals surface area contributed by atoms with Crippen LogP contribution >= 0.6 is 0 Å². The molecule has 1 atom stereocenters. The Morgan fingerprint density at radius 2 is 1.44 bits per heavy atom. The van der Waals surface area contributed by atoms with Crippen LogP contribution < -0.4 is 0 Å². The van der Waals surface area contributed by atoms with E-state index in [1.807, 2.05) is 18.2 Å². The highest BCUT2D eigenvalue weighted by Crippen LogP contribution is 2.33. The molecule has 3 aromatic rings. The molecule has 2 aliphatic rings. The number of rotatable bonds is 6. The van der Waals surface area contributed by atoms with Crippen LogP contribution in [-0.4, -0.2) is 59.2 Å². The van der Waals surface area contributed by atoms with Gasteiger partial charge in [-0.1, -0.05) is 90.5 Å². The smallest absolute Gasteiger partial charge is 0.257 e. The van der Waals surface area contributed by atoms with Gasteiger partial charge in [0, 0.05) is 39.1 Å². The molecule has 2 aliphatic heterocycles. The van der Waals surface area contributed by atoms with Crippen LogP contribution in [0.2, 0.25) is 0 Å². The van der Waals surface area contributed by atoms with Gasteiger partial charge in [0.05, 0.1) is 18.3 Å². The summed E-state index contributed by atoms with van der Waals surface area (Å²) in [6, 6.07) is 29.3. The summed E-state index contributed by atoms with van der Waals surface area (Å²) < 4.78 is 0. The highest BCUT2D eigenvalue weighted by Gasteiger charge is 2.34. The topological polar surface area (TPSA) is 39.2 Å². The Morgan fingerprint density at radius 1 is 0.824 bits per heavy atom. The Hall–Kier alpha value is -3.28. The highest BCUT2D eigenvalue weighted by atomic mass is 16.2. The van der Waals surface area contributed by atoms with Crippen molar-refractivity contribution in [1.29, 1.82) is 0 Å². The zero-order valence-electron chi connectivity index (χ0n) is 19.8. The van der Waals surface area contributed by atoms with Gasteiger partial charge < -0.3 is 0 Å². The monoisotopic (exact) mass is 452 g/mol. The first kappa shape index (κ1) is 22.5. The van der Waals surface area contributed by atoms with E-state index in [0.717, 1.165) is 56.0 Å². The summed E-state index contributed by atoms with van der Waals surface area (Å²) in [7, 11) is 0. The van der Waals surface area contributed by atoms with Crippen molar-refractivity contribution in [3.05, 3.63) is 107 Å². The van der Waals surface area contributed by atoms with Crippen LogP contribution in [0.5, 0.6) is 0 Å². The van der Waals surface area contributed by atoms with Crippen molar-refractivity contribution < 1.29 is 4.79 Å². The summed E-state index contributed by atoms with van der Waals surface area (Å²) in [4.78, 5) is 18.2. The average Bonchev–Trinajstić information content (AvgIpc) is 3.33. The first-order chi connectivity index (χ1) is 16.7. The molecular weight excluding hydrogens is 420 g/mol. The van der Waals surface area contributed by atoms with Crippen molar-refractivity contribution in [3.63, 3.8) is 0 Å². The van der Waals surface area contributed by atoms with Gasteiger partial charge in [-0.3, -0.25) is 14.6 Å². The fraction of sp³-hybridized carbons (Fsp3) is 0.310. The minimum atomic E-state index is -0.0515. The lowest BCUT2D eigenvalue weighted by molar-refractivity contribution is -0.134. The molecular formula is C29H32N4O. The summed E-state index contributed by atoms with van der Waals surface area (Å²) in [6.45, 7) is 7.21. The van der Waals surface area contributed by atoms with E-state index in [1.165, 1.54) is 11.1 Å². The van der Waals surface area contributed by atoms with Crippen molar-refractivity contribution in [3.8, 4) is 0 Å². The number of benzene rings is 3. The molecule has 0 bridgehead atoms. The standard InChI is InChI=1S/C29H32N4O/c1-23-12-14-25(15-13-23)27-20-28(26-10-6-3-7-11-26)33(30-27)29(34)22-32-18-16-31(17-19-32)21-24-8-4-2-5-9-24/h2-15,28H,16-22H2,1H3/t28-/m1/s1. The molecule has 0 unspecified atom stereocenters. The van der Waals surface area contributed by atoms with E-state index in [4.69, 9.17) is 5.10 Å². The molecule has 2 heterocycles. The molecule has 0 aliphatic carbocycles. The van der Waals surface area contributed by atoms with E-state index in [-0.39, 0.29) is 11.9 Å². The molecule has 0 radical (unpaired) electrons. The first-order valence-electron chi connectivity index (χ1n) is 12.2. The fourth-order valence-corrected chi connectivity index (χ4v) is 4.81. The summed E-state index contributed by atoms with van der Waals surface area (Å²) in [6.07, 6.45) is 0.740. The number of hydrogen-bond donors (Lipinski definition) is 0. The third kappa shape index (κ3) is 5.27. The van der Waals surface area contributed by atoms with Crippen LogP contribution in [0.15, 0.2) is 90.0 Å². The lowest BCUT2D eigenvalue weighted by Gasteiger charge is -2.35. The van der Waals surface area contributed by atoms with Gasteiger partial charge in [-0.2, -0.15) is 5.10 Å². The first-order valence-corrected chi connectivity index (χ1v) is 12.2. The highest BCUT2D eigenvalue weighted by molar-refractivity contribution is 6.03. The molecule has 1 saturated heterocycles. The number of piperazine rings is 1. The lowest BCUT2D eigenvalue weighted by Crippen LogP contribution is -2.49. The second-order valence-electron chi connectivity index (χ2n) is 9.32. The Balaban J connectivity index is 1.25. The van der Waals surface area contributed by atoms with Crippen molar-refractivity contribution in [2.75, 3.05) is 32.7 Å². The molecule has 0 aromatic heterocycles. The van der Waals surface area contributed by atoms with Crippen LogP contribution in [0, 0.1) is 6.92 Å². The van der Waals surface area contributed by atoms with E-state index in [2.05, 4.69) is 83.5 Å². The largest absolute Gasteiger partial charge is 0.297 e. The van der Waals surface area contributed by atoms with Crippen molar-refractivity contribution in [1.82, 2.24) is 14.8 Å². The summed E-state index contributed by atoms with van der Waals surface area (Å²) in [5.74, 6) is 0.0764. The summed E-state index contributed by atoms with van der Waals surface area (Å²) >= 11 is 0. The SMILES string of the molecule is Cc1ccc(C2=NN(C(=O)CN3CCN(Cc4ccccc4)CC3)[C@@H](c3ccccc3)C2)cc1. The molecule has 5 heteroatoms. The Labute approximate surface area is 202 Å². The van der Waals surface area contributed by atoms with Crippen molar-refractivity contribution in [2.45, 2.75) is 25.9 Å². The zero-order chi connectivity index (χ0) is 23.3. The van der Waals surface area contributed by atoms with Crippen LogP contribution in [-0.2, 0) is 11.3 Å². The maximum atomic E-state index is 13.5. The third-order valence-electron chi connectivity index (χ3n) is 6.81. The van der Waals surface area contributed by atoms with E-state index < -0.39 is 0 Å². The van der Waals surface area contributed by atoms with E-state index in [0.29, 0.717) is 6.54 Å². The van der Waals surface area contributed by atoms with Gasteiger partial charge in [0.1, 0.15) is 0 Å². The molecule has 3 aromatic carbocycles. The quantitative estimate of drug-likeness (QED) is 0.553. The van der Waals surface area contributed by atoms with Gasteiger partial charge in [0.2, 0.25) is 0 Å². The number of nitrogens with zero attached hydrogens (tertiary/aromatic N) is 4. The lowest BCUT2D eigenvalue weighted by atomic mass is 9.98. The molecule has 0 saturated carbocycles. The predicted octanol–water partition coefficient (Wildman–Crippen LogP) is 4.49. The third-order valence-corrected chi connectivity index (χ3v) is 6.81. The van der Waals surface area contributed by atoms with Gasteiger partial charge in [0.15, 0.2) is 0 Å². The molecule has 174 valence electrons. The number of carbonyl (C=O) groups excluding carboxylic acids is 1. The molecule has 0 N–H and O–H groups in total. The number of hydrazone groups is 1. The predicted molar refractivity (Wildman–Crippen MR) is 137 cm³/mol. The van der Waals surface area contributed by atoms with Crippen LogP contribution in [0.25, 0.3) is 0 Å². The van der Waals surface area contributed by atoms with E-state index in [1.54, 1.807) is 5.01 Å². The van der Waals surface area contributed by atoms with Crippen LogP contribution in [0.4, 0.5) is 0 Å². The second-order valence-corrected chi connectivity index (χ2v) is 9.32. The van der Waals surface area contributed by atoms with Gasteiger partial charge in [-0.25, -0.2) is 5.01 Å². The number of aryl methyl sites for hydroxylation is 1. The second kappa shape index (κ2) is 10.3. The van der Waals surface area contributed by atoms with E-state index >= 15 is 0 Å². The number of hydrogen-bond acceptors (Lipinski definition) is 4. The van der Waals surface area contributed by atoms with E-state index in [9.17, 15) is 4.79 Å². The Bertz CT molecular complexity index is 1120. The van der Waals surface area contributed by atoms with Gasteiger partial charge in [0.25, 0.3) is 5.91 Å². The van der Waals surface area contributed by atoms with Crippen LogP contribution in [0.1, 0.15) is 34.7 Å². The summed E-state index contributed by atoms with van der Waals surface area (Å²) in [5, 5.41) is 6.58. The van der Waals surface area contributed by atoms with Crippen LogP contribution in [0.3, 0.4) is 0 Å². The van der Waals surface area contributed by atoms with Crippen molar-refractivity contribution >= 4 is 11.6 Å². The number of amides is 1. The van der Waals surface area contributed by atoms with Gasteiger partial charge in [-0.05, 0) is 23.6 Å². The maximum Gasteiger partial charge on any atom is 0.257 e.